The van der Waals surface area contributed by atoms with Gasteiger partial charge in [0.25, 0.3) is 0 Å². The number of hydrogen-bond acceptors (Lipinski definition) is 6. The third kappa shape index (κ3) is 4.48. The molecule has 1 N–H and O–H groups in total. The van der Waals surface area contributed by atoms with Crippen LogP contribution in [0.1, 0.15) is 22.4 Å². The Morgan fingerprint density at radius 3 is 1.95 bits per heavy atom. The molecule has 0 spiro atoms. The van der Waals surface area contributed by atoms with Crippen molar-refractivity contribution in [2.45, 2.75) is 12.1 Å². The third-order valence-corrected chi connectivity index (χ3v) is 7.21. The predicted octanol–water partition coefficient (Wildman–Crippen LogP) is 6.58. The summed E-state index contributed by atoms with van der Waals surface area (Å²) in [7, 11) is 1.78. The van der Waals surface area contributed by atoms with Crippen molar-refractivity contribution >= 4 is 32.9 Å². The number of fused-ring (bicyclic) bond motifs is 1. The van der Waals surface area contributed by atoms with Crippen molar-refractivity contribution in [1.29, 1.82) is 0 Å². The summed E-state index contributed by atoms with van der Waals surface area (Å²) in [6.45, 7) is -0.0956. The molecule has 0 fully saturated rings. The highest BCUT2D eigenvalue weighted by Crippen LogP contribution is 2.42. The van der Waals surface area contributed by atoms with Crippen molar-refractivity contribution < 1.29 is 9.13 Å². The first-order valence-electron chi connectivity index (χ1n) is 12.7. The van der Waals surface area contributed by atoms with E-state index in [9.17, 15) is 4.39 Å². The third-order valence-electron chi connectivity index (χ3n) is 6.77. The van der Waals surface area contributed by atoms with Crippen LogP contribution in [0.2, 0.25) is 0 Å². The zero-order chi connectivity index (χ0) is 27.5. The van der Waals surface area contributed by atoms with Gasteiger partial charge in [-0.1, -0.05) is 96.2 Å². The maximum absolute atomic E-state index is 14.4. The average Bonchev–Trinajstić information content (AvgIpc) is 3.44. The molecule has 0 unspecified atom stereocenters. The monoisotopic (exact) mass is 594 g/mol. The Balaban J connectivity index is 1.60. The van der Waals surface area contributed by atoms with E-state index < -0.39 is 11.4 Å². The number of pyridine rings is 2. The van der Waals surface area contributed by atoms with Gasteiger partial charge in [-0.3, -0.25) is 0 Å². The highest BCUT2D eigenvalue weighted by Gasteiger charge is 2.41. The Morgan fingerprint density at radius 1 is 0.825 bits per heavy atom. The van der Waals surface area contributed by atoms with Crippen LogP contribution in [0.25, 0.3) is 11.2 Å². The number of hydrogen-bond donors (Lipinski definition) is 1. The maximum atomic E-state index is 14.4. The van der Waals surface area contributed by atoms with E-state index in [1.165, 1.54) is 6.07 Å². The van der Waals surface area contributed by atoms with Gasteiger partial charge < -0.3 is 10.1 Å². The molecule has 0 amide bonds. The van der Waals surface area contributed by atoms with Gasteiger partial charge in [0.2, 0.25) is 0 Å². The average molecular weight is 595 g/mol. The summed E-state index contributed by atoms with van der Waals surface area (Å²) in [5.41, 5.74) is 3.16. The number of anilines is 1. The summed E-state index contributed by atoms with van der Waals surface area (Å²) in [5.74, 6) is 0.504. The second-order valence-electron chi connectivity index (χ2n) is 9.09. The number of halogens is 2. The molecule has 6 aromatic rings. The molecule has 7 nitrogen and oxygen atoms in total. The Bertz CT molecular complexity index is 1670. The summed E-state index contributed by atoms with van der Waals surface area (Å²) in [6, 6.07) is 35.1. The summed E-state index contributed by atoms with van der Waals surface area (Å²) in [5, 5.41) is 12.4. The SMILES string of the molecule is CNc1cc(OCc2nc(Br)ccc2F)c2nnn(C(c3ccccc3)(c3ccccc3)c3ccccc3)c2n1. The van der Waals surface area contributed by atoms with E-state index in [0.717, 1.165) is 16.7 Å². The number of nitrogens with zero attached hydrogens (tertiary/aromatic N) is 5. The topological polar surface area (TPSA) is 77.8 Å². The van der Waals surface area contributed by atoms with Gasteiger partial charge in [-0.2, -0.15) is 0 Å². The van der Waals surface area contributed by atoms with Crippen molar-refractivity contribution in [1.82, 2.24) is 25.0 Å². The van der Waals surface area contributed by atoms with Crippen LogP contribution in [-0.2, 0) is 12.1 Å². The number of aromatic nitrogens is 5. The second kappa shape index (κ2) is 10.9. The van der Waals surface area contributed by atoms with E-state index in [-0.39, 0.29) is 12.3 Å². The minimum Gasteiger partial charge on any atom is -0.485 e. The molecule has 3 aromatic carbocycles. The fourth-order valence-electron chi connectivity index (χ4n) is 4.95. The first-order valence-corrected chi connectivity index (χ1v) is 13.5. The Morgan fingerprint density at radius 2 is 1.40 bits per heavy atom. The van der Waals surface area contributed by atoms with Gasteiger partial charge in [-0.05, 0) is 44.8 Å². The number of benzene rings is 3. The van der Waals surface area contributed by atoms with E-state index in [4.69, 9.17) is 14.9 Å². The minimum atomic E-state index is -0.910. The molecule has 0 saturated carbocycles. The predicted molar refractivity (Wildman–Crippen MR) is 156 cm³/mol. The zero-order valence-electron chi connectivity index (χ0n) is 21.5. The normalized spacial score (nSPS) is 11.5. The number of nitrogens with one attached hydrogen (secondary N) is 1. The van der Waals surface area contributed by atoms with Gasteiger partial charge in [-0.25, -0.2) is 19.0 Å². The van der Waals surface area contributed by atoms with E-state index in [1.54, 1.807) is 19.2 Å². The molecule has 198 valence electrons. The fraction of sp³-hybridized carbons (Fsp3) is 0.0968. The zero-order valence-corrected chi connectivity index (χ0v) is 23.1. The van der Waals surface area contributed by atoms with Crippen molar-refractivity contribution in [3.8, 4) is 5.75 Å². The lowest BCUT2D eigenvalue weighted by Gasteiger charge is -2.36. The van der Waals surface area contributed by atoms with Crippen LogP contribution in [0.5, 0.6) is 5.75 Å². The Hall–Kier alpha value is -4.63. The van der Waals surface area contributed by atoms with Gasteiger partial charge in [0.1, 0.15) is 34.1 Å². The highest BCUT2D eigenvalue weighted by molar-refractivity contribution is 9.10. The van der Waals surface area contributed by atoms with Crippen LogP contribution >= 0.6 is 15.9 Å². The van der Waals surface area contributed by atoms with Crippen LogP contribution in [-0.4, -0.2) is 32.0 Å². The van der Waals surface area contributed by atoms with Crippen LogP contribution < -0.4 is 10.1 Å². The Kier molecular flexibility index (Phi) is 6.96. The molecule has 0 aliphatic carbocycles. The first-order chi connectivity index (χ1) is 19.6. The lowest BCUT2D eigenvalue weighted by molar-refractivity contribution is 0.297. The molecule has 0 aliphatic heterocycles. The van der Waals surface area contributed by atoms with E-state index in [2.05, 4.69) is 67.7 Å². The molecule has 3 heterocycles. The first kappa shape index (κ1) is 25.6. The molecular formula is C31H24BrFN6O. The van der Waals surface area contributed by atoms with E-state index >= 15 is 0 Å². The van der Waals surface area contributed by atoms with E-state index in [0.29, 0.717) is 27.3 Å². The fourth-order valence-corrected chi connectivity index (χ4v) is 5.30. The van der Waals surface area contributed by atoms with Crippen LogP contribution in [0.15, 0.2) is 114 Å². The van der Waals surface area contributed by atoms with Gasteiger partial charge >= 0.3 is 0 Å². The molecule has 0 atom stereocenters. The Labute approximate surface area is 238 Å². The van der Waals surface area contributed by atoms with Gasteiger partial charge in [0, 0.05) is 13.1 Å². The maximum Gasteiger partial charge on any atom is 0.185 e. The quantitative estimate of drug-likeness (QED) is 0.158. The van der Waals surface area contributed by atoms with Gasteiger partial charge in [0.15, 0.2) is 16.9 Å². The van der Waals surface area contributed by atoms with E-state index in [1.807, 2.05) is 59.3 Å². The standard InChI is InChI=1S/C31H24BrFN6O/c1-34-28-19-26(40-20-25-24(33)17-18-27(32)35-25)29-30(36-28)39(38-37-29)31(21-11-5-2-6-12-21,22-13-7-3-8-14-22)23-15-9-4-10-16-23/h2-19H,20H2,1H3,(H,34,36). The van der Waals surface area contributed by atoms with Gasteiger partial charge in [0.05, 0.1) is 0 Å². The summed E-state index contributed by atoms with van der Waals surface area (Å²) in [6.07, 6.45) is 0. The highest BCUT2D eigenvalue weighted by atomic mass is 79.9. The smallest absolute Gasteiger partial charge is 0.185 e. The summed E-state index contributed by atoms with van der Waals surface area (Å²) < 4.78 is 22.9. The van der Waals surface area contributed by atoms with Gasteiger partial charge in [-0.15, -0.1) is 5.10 Å². The van der Waals surface area contributed by atoms with Crippen LogP contribution in [0.3, 0.4) is 0 Å². The molecule has 0 radical (unpaired) electrons. The lowest BCUT2D eigenvalue weighted by atomic mass is 9.77. The minimum absolute atomic E-state index is 0.0956. The molecule has 0 aliphatic rings. The number of ether oxygens (including phenoxy) is 1. The molecule has 40 heavy (non-hydrogen) atoms. The van der Waals surface area contributed by atoms with Crippen molar-refractivity contribution in [2.24, 2.45) is 0 Å². The second-order valence-corrected chi connectivity index (χ2v) is 9.90. The molecular weight excluding hydrogens is 571 g/mol. The molecule has 9 heteroatoms. The van der Waals surface area contributed by atoms with Crippen LogP contribution in [0, 0.1) is 5.82 Å². The van der Waals surface area contributed by atoms with Crippen molar-refractivity contribution in [2.75, 3.05) is 12.4 Å². The van der Waals surface area contributed by atoms with Crippen molar-refractivity contribution in [3.05, 3.63) is 142 Å². The molecule has 6 rings (SSSR count). The lowest BCUT2D eigenvalue weighted by Crippen LogP contribution is -2.38. The van der Waals surface area contributed by atoms with Crippen LogP contribution in [0.4, 0.5) is 10.2 Å². The molecule has 3 aromatic heterocycles. The van der Waals surface area contributed by atoms with Crippen molar-refractivity contribution in [3.63, 3.8) is 0 Å². The molecule has 0 saturated heterocycles. The molecule has 0 bridgehead atoms. The summed E-state index contributed by atoms with van der Waals surface area (Å²) in [4.78, 5) is 9.11. The largest absolute Gasteiger partial charge is 0.485 e. The number of rotatable bonds is 8. The summed E-state index contributed by atoms with van der Waals surface area (Å²) >= 11 is 3.30.